The summed E-state index contributed by atoms with van der Waals surface area (Å²) in [5.74, 6) is 0.958. The number of aromatic amines is 1. The quantitative estimate of drug-likeness (QED) is 0.711. The van der Waals surface area contributed by atoms with E-state index in [9.17, 15) is 0 Å². The molecule has 2 rings (SSSR count). The van der Waals surface area contributed by atoms with E-state index < -0.39 is 0 Å². The highest BCUT2D eigenvalue weighted by Crippen LogP contribution is 2.34. The van der Waals surface area contributed by atoms with Gasteiger partial charge < -0.3 is 10.3 Å². The summed E-state index contributed by atoms with van der Waals surface area (Å²) in [7, 11) is 0. The lowest BCUT2D eigenvalue weighted by molar-refractivity contribution is 0.595. The van der Waals surface area contributed by atoms with Gasteiger partial charge in [0, 0.05) is 24.5 Å². The summed E-state index contributed by atoms with van der Waals surface area (Å²) in [6, 6.07) is 4.97. The molecule has 0 spiro atoms. The standard InChI is InChI=1S/C11H18N2/c1-2-4-9-7-11(9)13-8-10-5-3-6-12-10/h3,5-6,9,11-13H,2,4,7-8H2,1H3. The molecule has 1 saturated carbocycles. The zero-order valence-corrected chi connectivity index (χ0v) is 8.22. The van der Waals surface area contributed by atoms with Crippen LogP contribution in [0.5, 0.6) is 0 Å². The second-order valence-corrected chi connectivity index (χ2v) is 3.97. The molecule has 72 valence electrons. The average molecular weight is 178 g/mol. The smallest absolute Gasteiger partial charge is 0.0359 e. The van der Waals surface area contributed by atoms with E-state index in [1.165, 1.54) is 25.0 Å². The van der Waals surface area contributed by atoms with Gasteiger partial charge in [0.25, 0.3) is 0 Å². The highest BCUT2D eigenvalue weighted by molar-refractivity contribution is 5.04. The highest BCUT2D eigenvalue weighted by Gasteiger charge is 2.35. The molecule has 1 aromatic heterocycles. The van der Waals surface area contributed by atoms with Crippen molar-refractivity contribution >= 4 is 0 Å². The first-order valence-corrected chi connectivity index (χ1v) is 5.25. The molecule has 2 N–H and O–H groups in total. The number of aromatic nitrogens is 1. The summed E-state index contributed by atoms with van der Waals surface area (Å²) in [5, 5.41) is 3.56. The van der Waals surface area contributed by atoms with Gasteiger partial charge in [-0.3, -0.25) is 0 Å². The van der Waals surface area contributed by atoms with Crippen LogP contribution in [0.25, 0.3) is 0 Å². The van der Waals surface area contributed by atoms with Crippen LogP contribution >= 0.6 is 0 Å². The predicted molar refractivity (Wildman–Crippen MR) is 54.4 cm³/mol. The first-order valence-electron chi connectivity index (χ1n) is 5.25. The third kappa shape index (κ3) is 2.34. The van der Waals surface area contributed by atoms with Gasteiger partial charge in [-0.1, -0.05) is 13.3 Å². The van der Waals surface area contributed by atoms with E-state index in [0.29, 0.717) is 0 Å². The Morgan fingerprint density at radius 1 is 1.62 bits per heavy atom. The fraction of sp³-hybridized carbons (Fsp3) is 0.636. The van der Waals surface area contributed by atoms with Crippen LogP contribution in [0.3, 0.4) is 0 Å². The molecular formula is C11H18N2. The van der Waals surface area contributed by atoms with Crippen molar-refractivity contribution in [3.63, 3.8) is 0 Å². The van der Waals surface area contributed by atoms with Crippen molar-refractivity contribution in [3.05, 3.63) is 24.0 Å². The number of nitrogens with one attached hydrogen (secondary N) is 2. The first kappa shape index (κ1) is 8.82. The molecule has 1 fully saturated rings. The largest absolute Gasteiger partial charge is 0.364 e. The van der Waals surface area contributed by atoms with Crippen LogP contribution in [0.15, 0.2) is 18.3 Å². The number of hydrogen-bond donors (Lipinski definition) is 2. The summed E-state index contributed by atoms with van der Waals surface area (Å²) < 4.78 is 0. The van der Waals surface area contributed by atoms with Crippen molar-refractivity contribution in [3.8, 4) is 0 Å². The van der Waals surface area contributed by atoms with Gasteiger partial charge in [0.2, 0.25) is 0 Å². The molecule has 0 amide bonds. The summed E-state index contributed by atoms with van der Waals surface area (Å²) in [5.41, 5.74) is 1.29. The number of rotatable bonds is 5. The molecular weight excluding hydrogens is 160 g/mol. The van der Waals surface area contributed by atoms with E-state index in [0.717, 1.165) is 18.5 Å². The Bertz CT molecular complexity index is 241. The van der Waals surface area contributed by atoms with E-state index >= 15 is 0 Å². The van der Waals surface area contributed by atoms with Gasteiger partial charge in [-0.25, -0.2) is 0 Å². The topological polar surface area (TPSA) is 27.8 Å². The molecule has 0 aliphatic heterocycles. The SMILES string of the molecule is CCCC1CC1NCc1ccc[nH]1. The van der Waals surface area contributed by atoms with Gasteiger partial charge in [0.15, 0.2) is 0 Å². The van der Waals surface area contributed by atoms with Gasteiger partial charge >= 0.3 is 0 Å². The Balaban J connectivity index is 1.65. The molecule has 0 saturated heterocycles. The normalized spacial score (nSPS) is 26.2. The Labute approximate surface area is 79.7 Å². The van der Waals surface area contributed by atoms with Crippen LogP contribution in [0.2, 0.25) is 0 Å². The average Bonchev–Trinajstić information content (AvgIpc) is 2.66. The molecule has 2 atom stereocenters. The Hall–Kier alpha value is -0.760. The van der Waals surface area contributed by atoms with Crippen LogP contribution in [0.4, 0.5) is 0 Å². The fourth-order valence-corrected chi connectivity index (χ4v) is 1.91. The van der Waals surface area contributed by atoms with E-state index in [4.69, 9.17) is 0 Å². The van der Waals surface area contributed by atoms with Crippen molar-refractivity contribution < 1.29 is 0 Å². The summed E-state index contributed by atoms with van der Waals surface area (Å²) >= 11 is 0. The maximum Gasteiger partial charge on any atom is 0.0359 e. The van der Waals surface area contributed by atoms with Crippen LogP contribution < -0.4 is 5.32 Å². The first-order chi connectivity index (χ1) is 6.40. The number of hydrogen-bond acceptors (Lipinski definition) is 1. The van der Waals surface area contributed by atoms with Crippen LogP contribution in [-0.2, 0) is 6.54 Å². The molecule has 13 heavy (non-hydrogen) atoms. The molecule has 2 heteroatoms. The Morgan fingerprint density at radius 3 is 3.23 bits per heavy atom. The zero-order valence-electron chi connectivity index (χ0n) is 8.22. The summed E-state index contributed by atoms with van der Waals surface area (Å²) in [6.07, 6.45) is 6.08. The van der Waals surface area contributed by atoms with E-state index in [2.05, 4.69) is 23.3 Å². The van der Waals surface area contributed by atoms with Crippen LogP contribution in [0.1, 0.15) is 31.9 Å². The van der Waals surface area contributed by atoms with Crippen LogP contribution in [-0.4, -0.2) is 11.0 Å². The Morgan fingerprint density at radius 2 is 2.54 bits per heavy atom. The van der Waals surface area contributed by atoms with Crippen molar-refractivity contribution in [1.82, 2.24) is 10.3 Å². The predicted octanol–water partition coefficient (Wildman–Crippen LogP) is 2.29. The zero-order chi connectivity index (χ0) is 9.10. The minimum Gasteiger partial charge on any atom is -0.364 e. The summed E-state index contributed by atoms with van der Waals surface area (Å²) in [6.45, 7) is 3.26. The van der Waals surface area contributed by atoms with Crippen molar-refractivity contribution in [2.45, 2.75) is 38.8 Å². The van der Waals surface area contributed by atoms with E-state index in [1.807, 2.05) is 12.3 Å². The molecule has 1 aliphatic rings. The second-order valence-electron chi connectivity index (χ2n) is 3.97. The maximum atomic E-state index is 3.56. The second kappa shape index (κ2) is 3.97. The molecule has 0 bridgehead atoms. The minimum absolute atomic E-state index is 0.795. The minimum atomic E-state index is 0.795. The van der Waals surface area contributed by atoms with Crippen molar-refractivity contribution in [1.29, 1.82) is 0 Å². The third-order valence-corrected chi connectivity index (χ3v) is 2.80. The molecule has 0 aromatic carbocycles. The van der Waals surface area contributed by atoms with Crippen molar-refractivity contribution in [2.75, 3.05) is 0 Å². The molecule has 1 aromatic rings. The van der Waals surface area contributed by atoms with Gasteiger partial charge in [0.1, 0.15) is 0 Å². The lowest BCUT2D eigenvalue weighted by atomic mass is 10.2. The van der Waals surface area contributed by atoms with E-state index in [-0.39, 0.29) is 0 Å². The molecule has 2 unspecified atom stereocenters. The molecule has 1 heterocycles. The van der Waals surface area contributed by atoms with Crippen molar-refractivity contribution in [2.24, 2.45) is 5.92 Å². The van der Waals surface area contributed by atoms with Gasteiger partial charge in [0.05, 0.1) is 0 Å². The van der Waals surface area contributed by atoms with Gasteiger partial charge in [-0.2, -0.15) is 0 Å². The number of H-pyrrole nitrogens is 1. The molecule has 0 radical (unpaired) electrons. The lowest BCUT2D eigenvalue weighted by Crippen LogP contribution is -2.17. The van der Waals surface area contributed by atoms with Gasteiger partial charge in [-0.15, -0.1) is 0 Å². The fourth-order valence-electron chi connectivity index (χ4n) is 1.91. The third-order valence-electron chi connectivity index (χ3n) is 2.80. The molecule has 1 aliphatic carbocycles. The van der Waals surface area contributed by atoms with Crippen LogP contribution in [0, 0.1) is 5.92 Å². The lowest BCUT2D eigenvalue weighted by Gasteiger charge is -2.01. The van der Waals surface area contributed by atoms with E-state index in [1.54, 1.807) is 0 Å². The Kier molecular flexibility index (Phi) is 2.69. The monoisotopic (exact) mass is 178 g/mol. The summed E-state index contributed by atoms with van der Waals surface area (Å²) in [4.78, 5) is 3.20. The maximum absolute atomic E-state index is 3.56. The highest BCUT2D eigenvalue weighted by atomic mass is 15.0. The molecule has 2 nitrogen and oxygen atoms in total. The van der Waals surface area contributed by atoms with Gasteiger partial charge in [-0.05, 0) is 30.9 Å².